The van der Waals surface area contributed by atoms with Gasteiger partial charge in [0.05, 0.1) is 23.4 Å². The molecule has 8 heteroatoms. The quantitative estimate of drug-likeness (QED) is 0.664. The number of rotatable bonds is 4. The summed E-state index contributed by atoms with van der Waals surface area (Å²) in [5.41, 5.74) is 1.86. The first kappa shape index (κ1) is 17.8. The van der Waals surface area contributed by atoms with Crippen molar-refractivity contribution in [3.8, 4) is 11.1 Å². The average molecular weight is 447 g/mol. The maximum Gasteiger partial charge on any atom is 0.265 e. The summed E-state index contributed by atoms with van der Waals surface area (Å²) in [4.78, 5) is 12.6. The van der Waals surface area contributed by atoms with Crippen LogP contribution >= 0.6 is 15.9 Å². The monoisotopic (exact) mass is 446 g/mol. The Balaban J connectivity index is 1.69. The normalized spacial score (nSPS) is 14.3. The van der Waals surface area contributed by atoms with Crippen molar-refractivity contribution in [1.29, 1.82) is 0 Å². The summed E-state index contributed by atoms with van der Waals surface area (Å²) in [7, 11) is -3.84. The molecule has 1 aliphatic rings. The fourth-order valence-electron chi connectivity index (χ4n) is 3.06. The van der Waals surface area contributed by atoms with Crippen LogP contribution in [0.1, 0.15) is 5.76 Å². The summed E-state index contributed by atoms with van der Waals surface area (Å²) in [5, 5.41) is 2.69. The molecule has 27 heavy (non-hydrogen) atoms. The van der Waals surface area contributed by atoms with E-state index in [0.717, 1.165) is 14.3 Å². The lowest BCUT2D eigenvalue weighted by molar-refractivity contribution is -0.119. The Labute approximate surface area is 165 Å². The first-order valence-corrected chi connectivity index (χ1v) is 10.4. The highest BCUT2D eigenvalue weighted by Gasteiger charge is 2.35. The Bertz CT molecular complexity index is 1110. The van der Waals surface area contributed by atoms with Gasteiger partial charge in [0, 0.05) is 15.6 Å². The highest BCUT2D eigenvalue weighted by atomic mass is 79.9. The van der Waals surface area contributed by atoms with E-state index < -0.39 is 15.9 Å². The van der Waals surface area contributed by atoms with E-state index in [0.29, 0.717) is 17.0 Å². The van der Waals surface area contributed by atoms with Crippen molar-refractivity contribution in [2.75, 3.05) is 10.8 Å². The van der Waals surface area contributed by atoms with Crippen LogP contribution in [0.25, 0.3) is 11.1 Å². The van der Waals surface area contributed by atoms with Crippen molar-refractivity contribution < 1.29 is 17.6 Å². The second-order valence-corrected chi connectivity index (χ2v) is 8.77. The van der Waals surface area contributed by atoms with E-state index in [4.69, 9.17) is 4.42 Å². The lowest BCUT2D eigenvalue weighted by Gasteiger charge is -2.31. The van der Waals surface area contributed by atoms with E-state index >= 15 is 0 Å². The number of fused-ring (bicyclic) bond motifs is 3. The number of furan rings is 1. The van der Waals surface area contributed by atoms with E-state index in [1.807, 2.05) is 6.07 Å². The van der Waals surface area contributed by atoms with Crippen LogP contribution in [0, 0.1) is 0 Å². The van der Waals surface area contributed by atoms with Gasteiger partial charge in [0.15, 0.2) is 0 Å². The zero-order valence-corrected chi connectivity index (χ0v) is 16.5. The highest BCUT2D eigenvalue weighted by Crippen LogP contribution is 2.43. The molecule has 0 bridgehead atoms. The molecular weight excluding hydrogens is 432 g/mol. The van der Waals surface area contributed by atoms with Crippen LogP contribution < -0.4 is 9.62 Å². The standard InChI is InChI=1S/C19H15BrN2O4S/c20-13-7-8-17-16(10-13)15-5-1-2-6-18(15)27(24,25)22(17)12-19(23)21-11-14-4-3-9-26-14/h1-10H,11-12H2,(H,21,23). The Kier molecular flexibility index (Phi) is 4.53. The Hall–Kier alpha value is -2.58. The van der Waals surface area contributed by atoms with Crippen LogP contribution in [0.5, 0.6) is 0 Å². The smallest absolute Gasteiger partial charge is 0.265 e. The molecule has 1 aliphatic heterocycles. The summed E-state index contributed by atoms with van der Waals surface area (Å²) < 4.78 is 33.4. The Morgan fingerprint density at radius 1 is 1.07 bits per heavy atom. The second-order valence-electron chi connectivity index (χ2n) is 6.03. The number of hydrogen-bond acceptors (Lipinski definition) is 4. The Morgan fingerprint density at radius 3 is 2.67 bits per heavy atom. The molecule has 0 atom stereocenters. The van der Waals surface area contributed by atoms with E-state index in [1.165, 1.54) is 6.26 Å². The molecule has 1 N–H and O–H groups in total. The zero-order valence-electron chi connectivity index (χ0n) is 14.1. The minimum Gasteiger partial charge on any atom is -0.467 e. The minimum absolute atomic E-state index is 0.189. The van der Waals surface area contributed by atoms with Crippen molar-refractivity contribution in [2.24, 2.45) is 0 Å². The first-order chi connectivity index (χ1) is 13.0. The van der Waals surface area contributed by atoms with Gasteiger partial charge in [0.1, 0.15) is 12.3 Å². The molecule has 0 saturated carbocycles. The molecule has 3 aromatic rings. The van der Waals surface area contributed by atoms with Gasteiger partial charge < -0.3 is 9.73 Å². The molecule has 1 amide bonds. The van der Waals surface area contributed by atoms with Crippen molar-refractivity contribution >= 4 is 37.5 Å². The molecule has 1 aromatic heterocycles. The van der Waals surface area contributed by atoms with E-state index in [2.05, 4.69) is 21.2 Å². The summed E-state index contributed by atoms with van der Waals surface area (Å²) in [6, 6.07) is 15.6. The van der Waals surface area contributed by atoms with Crippen molar-refractivity contribution in [2.45, 2.75) is 11.4 Å². The molecule has 0 spiro atoms. The molecule has 0 unspecified atom stereocenters. The SMILES string of the molecule is O=C(CN1c2ccc(Br)cc2-c2ccccc2S1(=O)=O)NCc1ccco1. The number of carbonyl (C=O) groups is 1. The van der Waals surface area contributed by atoms with E-state index in [-0.39, 0.29) is 18.0 Å². The second kappa shape index (κ2) is 6.86. The average Bonchev–Trinajstić information content (AvgIpc) is 3.17. The van der Waals surface area contributed by atoms with Crippen LogP contribution in [0.3, 0.4) is 0 Å². The van der Waals surface area contributed by atoms with Gasteiger partial charge in [-0.15, -0.1) is 0 Å². The van der Waals surface area contributed by atoms with E-state index in [9.17, 15) is 13.2 Å². The number of carbonyl (C=O) groups excluding carboxylic acids is 1. The number of halogens is 1. The van der Waals surface area contributed by atoms with Crippen LogP contribution in [0.2, 0.25) is 0 Å². The maximum atomic E-state index is 13.1. The van der Waals surface area contributed by atoms with Gasteiger partial charge in [-0.2, -0.15) is 0 Å². The molecule has 138 valence electrons. The predicted octanol–water partition coefficient (Wildman–Crippen LogP) is 3.53. The molecule has 4 rings (SSSR count). The summed E-state index contributed by atoms with van der Waals surface area (Å²) >= 11 is 3.43. The maximum absolute atomic E-state index is 13.1. The summed E-state index contributed by atoms with van der Waals surface area (Å²) in [6.45, 7) is -0.116. The predicted molar refractivity (Wildman–Crippen MR) is 105 cm³/mol. The number of nitrogens with zero attached hydrogens (tertiary/aromatic N) is 1. The fraction of sp³-hybridized carbons (Fsp3) is 0.105. The molecule has 6 nitrogen and oxygen atoms in total. The summed E-state index contributed by atoms with van der Waals surface area (Å²) in [5.74, 6) is 0.183. The minimum atomic E-state index is -3.84. The van der Waals surface area contributed by atoms with Crippen molar-refractivity contribution in [3.63, 3.8) is 0 Å². The molecule has 2 aromatic carbocycles. The summed E-state index contributed by atoms with van der Waals surface area (Å²) in [6.07, 6.45) is 1.52. The number of sulfonamides is 1. The largest absolute Gasteiger partial charge is 0.467 e. The van der Waals surface area contributed by atoms with Gasteiger partial charge in [0.25, 0.3) is 10.0 Å². The topological polar surface area (TPSA) is 79.6 Å². The highest BCUT2D eigenvalue weighted by molar-refractivity contribution is 9.10. The number of amides is 1. The molecular formula is C19H15BrN2O4S. The van der Waals surface area contributed by atoms with Crippen LogP contribution in [-0.4, -0.2) is 20.9 Å². The number of benzene rings is 2. The molecule has 0 aliphatic carbocycles. The van der Waals surface area contributed by atoms with E-state index in [1.54, 1.807) is 48.5 Å². The van der Waals surface area contributed by atoms with Gasteiger partial charge in [-0.05, 0) is 36.4 Å². The van der Waals surface area contributed by atoms with Crippen LogP contribution in [0.15, 0.2) is 74.6 Å². The van der Waals surface area contributed by atoms with Gasteiger partial charge in [0.2, 0.25) is 5.91 Å². The van der Waals surface area contributed by atoms with Crippen molar-refractivity contribution in [3.05, 3.63) is 71.1 Å². The number of nitrogens with one attached hydrogen (secondary N) is 1. The zero-order chi connectivity index (χ0) is 19.0. The molecule has 0 saturated heterocycles. The molecule has 2 heterocycles. The van der Waals surface area contributed by atoms with Gasteiger partial charge in [-0.3, -0.25) is 9.10 Å². The lowest BCUT2D eigenvalue weighted by Crippen LogP contribution is -2.42. The van der Waals surface area contributed by atoms with Crippen LogP contribution in [-0.2, 0) is 21.4 Å². The van der Waals surface area contributed by atoms with Gasteiger partial charge in [-0.25, -0.2) is 8.42 Å². The third kappa shape index (κ3) is 3.26. The van der Waals surface area contributed by atoms with Crippen molar-refractivity contribution in [1.82, 2.24) is 5.32 Å². The molecule has 0 fully saturated rings. The fourth-order valence-corrected chi connectivity index (χ4v) is 5.07. The number of hydrogen-bond donors (Lipinski definition) is 1. The Morgan fingerprint density at radius 2 is 1.89 bits per heavy atom. The number of anilines is 1. The van der Waals surface area contributed by atoms with Gasteiger partial charge in [-0.1, -0.05) is 34.1 Å². The van der Waals surface area contributed by atoms with Gasteiger partial charge >= 0.3 is 0 Å². The third-order valence-corrected chi connectivity index (χ3v) is 6.61. The van der Waals surface area contributed by atoms with Crippen LogP contribution in [0.4, 0.5) is 5.69 Å². The first-order valence-electron chi connectivity index (χ1n) is 8.17. The third-order valence-electron chi connectivity index (χ3n) is 4.30. The molecule has 0 radical (unpaired) electrons. The lowest BCUT2D eigenvalue weighted by atomic mass is 10.0.